The van der Waals surface area contributed by atoms with E-state index in [1.807, 2.05) is 0 Å². The molecule has 2 aromatic rings. The maximum absolute atomic E-state index is 13.6. The summed E-state index contributed by atoms with van der Waals surface area (Å²) in [4.78, 5) is 4.01. The number of guanidine groups is 1. The number of nitrogens with one attached hydrogen (secondary N) is 2. The Hall–Kier alpha value is -2.77. The van der Waals surface area contributed by atoms with Crippen molar-refractivity contribution in [2.75, 3.05) is 13.7 Å². The molecule has 8 heteroatoms. The van der Waals surface area contributed by atoms with Gasteiger partial charge >= 0.3 is 6.18 Å². The number of ether oxygens (including phenoxy) is 1. The average molecular weight is 369 g/mol. The molecule has 2 N–H and O–H groups in total. The highest BCUT2D eigenvalue weighted by Gasteiger charge is 2.28. The average Bonchev–Trinajstić information content (AvgIpc) is 2.61. The van der Waals surface area contributed by atoms with E-state index >= 15 is 0 Å². The van der Waals surface area contributed by atoms with Crippen molar-refractivity contribution in [3.63, 3.8) is 0 Å². The quantitative estimate of drug-likeness (QED) is 0.464. The zero-order chi connectivity index (χ0) is 19.0. The van der Waals surface area contributed by atoms with E-state index in [2.05, 4.69) is 15.6 Å². The van der Waals surface area contributed by atoms with Crippen molar-refractivity contribution < 1.29 is 22.3 Å². The first-order valence-corrected chi connectivity index (χ1v) is 7.84. The second-order valence-corrected chi connectivity index (χ2v) is 5.38. The fraction of sp³-hybridized carbons (Fsp3) is 0.278. The van der Waals surface area contributed by atoms with Gasteiger partial charge in [0.1, 0.15) is 11.6 Å². The van der Waals surface area contributed by atoms with Gasteiger partial charge in [0.2, 0.25) is 0 Å². The van der Waals surface area contributed by atoms with E-state index < -0.39 is 12.8 Å². The molecule has 0 unspecified atom stereocenters. The lowest BCUT2D eigenvalue weighted by Gasteiger charge is -2.15. The minimum atomic E-state index is -4.40. The first-order valence-electron chi connectivity index (χ1n) is 7.84. The molecule has 26 heavy (non-hydrogen) atoms. The lowest BCUT2D eigenvalue weighted by atomic mass is 10.2. The molecule has 2 aromatic carbocycles. The van der Waals surface area contributed by atoms with E-state index in [-0.39, 0.29) is 24.7 Å². The van der Waals surface area contributed by atoms with Crippen LogP contribution >= 0.6 is 0 Å². The lowest BCUT2D eigenvalue weighted by molar-refractivity contribution is -0.153. The van der Waals surface area contributed by atoms with Gasteiger partial charge in [0.15, 0.2) is 12.6 Å². The molecule has 0 amide bonds. The molecule has 0 saturated heterocycles. The summed E-state index contributed by atoms with van der Waals surface area (Å²) < 4.78 is 55.5. The van der Waals surface area contributed by atoms with Gasteiger partial charge in [-0.15, -0.1) is 0 Å². The monoisotopic (exact) mass is 369 g/mol. The second-order valence-electron chi connectivity index (χ2n) is 5.38. The third-order valence-electron chi connectivity index (χ3n) is 3.44. The molecule has 0 fully saturated rings. The van der Waals surface area contributed by atoms with Gasteiger partial charge in [-0.2, -0.15) is 13.2 Å². The Morgan fingerprint density at radius 2 is 1.54 bits per heavy atom. The van der Waals surface area contributed by atoms with Crippen LogP contribution in [0.1, 0.15) is 11.1 Å². The number of hydrogen-bond acceptors (Lipinski definition) is 2. The summed E-state index contributed by atoms with van der Waals surface area (Å²) in [6, 6.07) is 12.8. The second kappa shape index (κ2) is 9.07. The lowest BCUT2D eigenvalue weighted by Crippen LogP contribution is -2.36. The highest BCUT2D eigenvalue weighted by Crippen LogP contribution is 2.22. The molecule has 0 radical (unpaired) electrons. The van der Waals surface area contributed by atoms with Crippen LogP contribution in [0.4, 0.5) is 17.6 Å². The van der Waals surface area contributed by atoms with Crippen molar-refractivity contribution in [2.45, 2.75) is 19.3 Å². The van der Waals surface area contributed by atoms with E-state index in [0.717, 1.165) is 0 Å². The largest absolute Gasteiger partial charge is 0.484 e. The van der Waals surface area contributed by atoms with E-state index in [4.69, 9.17) is 4.74 Å². The van der Waals surface area contributed by atoms with Gasteiger partial charge in [-0.25, -0.2) is 4.39 Å². The summed E-state index contributed by atoms with van der Waals surface area (Å²) >= 11 is 0. The third-order valence-corrected chi connectivity index (χ3v) is 3.44. The van der Waals surface area contributed by atoms with Gasteiger partial charge in [-0.3, -0.25) is 4.99 Å². The Morgan fingerprint density at radius 3 is 2.15 bits per heavy atom. The molecular formula is C18H19F4N3O. The van der Waals surface area contributed by atoms with E-state index in [0.29, 0.717) is 17.1 Å². The first kappa shape index (κ1) is 19.6. The van der Waals surface area contributed by atoms with Crippen LogP contribution in [-0.2, 0) is 13.1 Å². The predicted molar refractivity (Wildman–Crippen MR) is 91.4 cm³/mol. The summed E-state index contributed by atoms with van der Waals surface area (Å²) in [7, 11) is 1.54. The van der Waals surface area contributed by atoms with Crippen molar-refractivity contribution in [3.8, 4) is 5.75 Å². The molecule has 0 heterocycles. The van der Waals surface area contributed by atoms with Crippen LogP contribution in [0.15, 0.2) is 53.5 Å². The summed E-state index contributed by atoms with van der Waals surface area (Å²) in [5, 5.41) is 5.92. The van der Waals surface area contributed by atoms with Gasteiger partial charge in [-0.05, 0) is 12.1 Å². The fourth-order valence-corrected chi connectivity index (χ4v) is 2.17. The standard InChI is InChI=1S/C18H19F4N3O/c1-23-17(24-10-13-6-2-4-8-15(13)19)25-11-14-7-3-5-9-16(14)26-12-18(20,21)22/h2-9H,10-12H2,1H3,(H2,23,24,25). The molecule has 4 nitrogen and oxygen atoms in total. The number of para-hydroxylation sites is 1. The summed E-state index contributed by atoms with van der Waals surface area (Å²) in [5.41, 5.74) is 1.02. The van der Waals surface area contributed by atoms with Gasteiger partial charge in [0.05, 0.1) is 0 Å². The highest BCUT2D eigenvalue weighted by molar-refractivity contribution is 5.79. The first-order chi connectivity index (χ1) is 12.4. The number of alkyl halides is 3. The predicted octanol–water partition coefficient (Wildman–Crippen LogP) is 3.63. The number of hydrogen-bond donors (Lipinski definition) is 2. The normalized spacial score (nSPS) is 12.0. The smallest absolute Gasteiger partial charge is 0.422 e. The van der Waals surface area contributed by atoms with E-state index in [9.17, 15) is 17.6 Å². The number of aliphatic imine (C=N–C) groups is 1. The topological polar surface area (TPSA) is 45.7 Å². The minimum Gasteiger partial charge on any atom is -0.484 e. The molecule has 0 aromatic heterocycles. The van der Waals surface area contributed by atoms with E-state index in [1.165, 1.54) is 12.1 Å². The van der Waals surface area contributed by atoms with Crippen molar-refractivity contribution in [3.05, 3.63) is 65.5 Å². The number of rotatable bonds is 6. The van der Waals surface area contributed by atoms with Gasteiger partial charge in [-0.1, -0.05) is 36.4 Å². The van der Waals surface area contributed by atoms with Crippen LogP contribution in [-0.4, -0.2) is 25.8 Å². The van der Waals surface area contributed by atoms with Crippen molar-refractivity contribution in [2.24, 2.45) is 4.99 Å². The van der Waals surface area contributed by atoms with Crippen LogP contribution in [0.5, 0.6) is 5.75 Å². The van der Waals surface area contributed by atoms with Gasteiger partial charge < -0.3 is 15.4 Å². The summed E-state index contributed by atoms with van der Waals surface area (Å²) in [5.74, 6) is 0.196. The maximum atomic E-state index is 13.6. The zero-order valence-corrected chi connectivity index (χ0v) is 14.1. The Kier molecular flexibility index (Phi) is 6.82. The molecule has 0 atom stereocenters. The SMILES string of the molecule is CN=C(NCc1ccccc1F)NCc1ccccc1OCC(F)(F)F. The Balaban J connectivity index is 1.93. The van der Waals surface area contributed by atoms with Crippen molar-refractivity contribution in [1.82, 2.24) is 10.6 Å². The molecule has 0 aliphatic heterocycles. The molecule has 2 rings (SSSR count). The molecule has 0 aliphatic carbocycles. The maximum Gasteiger partial charge on any atom is 0.422 e. The molecule has 0 bridgehead atoms. The Morgan fingerprint density at radius 1 is 0.962 bits per heavy atom. The molecule has 0 spiro atoms. The number of halogens is 4. The van der Waals surface area contributed by atoms with Gasteiger partial charge in [0, 0.05) is 31.3 Å². The molecular weight excluding hydrogens is 350 g/mol. The van der Waals surface area contributed by atoms with E-state index in [1.54, 1.807) is 43.4 Å². The Bertz CT molecular complexity index is 747. The van der Waals surface area contributed by atoms with Crippen LogP contribution in [0.25, 0.3) is 0 Å². The van der Waals surface area contributed by atoms with Crippen LogP contribution in [0, 0.1) is 5.82 Å². The molecule has 0 aliphatic rings. The fourth-order valence-electron chi connectivity index (χ4n) is 2.17. The van der Waals surface area contributed by atoms with Crippen LogP contribution in [0.2, 0.25) is 0 Å². The zero-order valence-electron chi connectivity index (χ0n) is 14.1. The minimum absolute atomic E-state index is 0.141. The summed E-state index contributed by atoms with van der Waals surface area (Å²) in [6.45, 7) is -0.937. The van der Waals surface area contributed by atoms with Gasteiger partial charge in [0.25, 0.3) is 0 Å². The number of nitrogens with zero attached hydrogens (tertiary/aromatic N) is 1. The van der Waals surface area contributed by atoms with Crippen LogP contribution in [0.3, 0.4) is 0 Å². The third kappa shape index (κ3) is 6.27. The van der Waals surface area contributed by atoms with Crippen LogP contribution < -0.4 is 15.4 Å². The number of benzene rings is 2. The Labute approximate surface area is 148 Å². The highest BCUT2D eigenvalue weighted by atomic mass is 19.4. The van der Waals surface area contributed by atoms with Crippen molar-refractivity contribution >= 4 is 5.96 Å². The molecule has 0 saturated carbocycles. The molecule has 140 valence electrons. The van der Waals surface area contributed by atoms with Crippen molar-refractivity contribution in [1.29, 1.82) is 0 Å². The summed E-state index contributed by atoms with van der Waals surface area (Å²) in [6.07, 6.45) is -4.40.